The van der Waals surface area contributed by atoms with Gasteiger partial charge in [-0.3, -0.25) is 4.79 Å². The van der Waals surface area contributed by atoms with Crippen LogP contribution in [0.3, 0.4) is 0 Å². The lowest BCUT2D eigenvalue weighted by molar-refractivity contribution is -0.116. The van der Waals surface area contributed by atoms with Crippen molar-refractivity contribution >= 4 is 33.5 Å². The van der Waals surface area contributed by atoms with Crippen LogP contribution in [0, 0.1) is 13.8 Å². The minimum absolute atomic E-state index is 0.0350. The van der Waals surface area contributed by atoms with Crippen LogP contribution in [-0.2, 0) is 11.2 Å². The smallest absolute Gasteiger partial charge is 0.224 e. The first-order valence-corrected chi connectivity index (χ1v) is 8.25. The maximum absolute atomic E-state index is 12.3. The Hall–Kier alpha value is -3.08. The van der Waals surface area contributed by atoms with E-state index in [1.54, 1.807) is 0 Å². The Balaban J connectivity index is 1.52. The van der Waals surface area contributed by atoms with Crippen LogP contribution in [0.2, 0.25) is 0 Å². The standard InChI is InChI=1S/C20H18N2O3/c1-12-15(13(2)25-22-12)8-10-20(23)21-14-7-9-19-17(11-14)16-5-3-4-6-18(16)24-19/h3-7,9,11H,8,10H2,1-2H3,(H,21,23). The summed E-state index contributed by atoms with van der Waals surface area (Å²) in [5.41, 5.74) is 4.28. The van der Waals surface area contributed by atoms with Crippen molar-refractivity contribution < 1.29 is 13.7 Å². The van der Waals surface area contributed by atoms with Gasteiger partial charge in [-0.05, 0) is 44.5 Å². The minimum Gasteiger partial charge on any atom is -0.456 e. The van der Waals surface area contributed by atoms with E-state index in [1.807, 2.05) is 56.3 Å². The molecule has 5 nitrogen and oxygen atoms in total. The topological polar surface area (TPSA) is 68.3 Å². The zero-order valence-electron chi connectivity index (χ0n) is 14.1. The second-order valence-electron chi connectivity index (χ2n) is 6.16. The lowest BCUT2D eigenvalue weighted by atomic mass is 10.1. The molecular formula is C20H18N2O3. The molecule has 0 saturated heterocycles. The summed E-state index contributed by atoms with van der Waals surface area (Å²) in [6, 6.07) is 13.6. The van der Waals surface area contributed by atoms with E-state index in [1.165, 1.54) is 0 Å². The molecule has 0 saturated carbocycles. The molecule has 126 valence electrons. The van der Waals surface area contributed by atoms with E-state index in [-0.39, 0.29) is 5.91 Å². The van der Waals surface area contributed by atoms with Gasteiger partial charge in [-0.15, -0.1) is 0 Å². The number of amides is 1. The number of furan rings is 1. The molecule has 5 heteroatoms. The second kappa shape index (κ2) is 6.09. The highest BCUT2D eigenvalue weighted by molar-refractivity contribution is 6.06. The number of nitrogens with zero attached hydrogens (tertiary/aromatic N) is 1. The number of benzene rings is 2. The molecule has 0 spiro atoms. The summed E-state index contributed by atoms with van der Waals surface area (Å²) >= 11 is 0. The molecule has 1 amide bonds. The Morgan fingerprint density at radius 1 is 1.08 bits per heavy atom. The fourth-order valence-corrected chi connectivity index (χ4v) is 3.12. The SMILES string of the molecule is Cc1noc(C)c1CCC(=O)Nc1ccc2oc3ccccc3c2c1. The first-order valence-electron chi connectivity index (χ1n) is 8.25. The monoisotopic (exact) mass is 334 g/mol. The number of nitrogens with one attached hydrogen (secondary N) is 1. The van der Waals surface area contributed by atoms with Gasteiger partial charge in [0.1, 0.15) is 16.9 Å². The summed E-state index contributed by atoms with van der Waals surface area (Å²) < 4.78 is 10.9. The Morgan fingerprint density at radius 3 is 2.68 bits per heavy atom. The van der Waals surface area contributed by atoms with Crippen molar-refractivity contribution in [3.63, 3.8) is 0 Å². The van der Waals surface area contributed by atoms with Crippen molar-refractivity contribution in [2.75, 3.05) is 5.32 Å². The summed E-state index contributed by atoms with van der Waals surface area (Å²) in [4.78, 5) is 12.3. The van der Waals surface area contributed by atoms with E-state index in [0.29, 0.717) is 12.8 Å². The number of para-hydroxylation sites is 1. The number of anilines is 1. The molecule has 0 unspecified atom stereocenters. The summed E-state index contributed by atoms with van der Waals surface area (Å²) in [7, 11) is 0. The zero-order chi connectivity index (χ0) is 17.4. The van der Waals surface area contributed by atoms with Gasteiger partial charge in [0.05, 0.1) is 5.69 Å². The minimum atomic E-state index is -0.0350. The number of fused-ring (bicyclic) bond motifs is 3. The highest BCUT2D eigenvalue weighted by atomic mass is 16.5. The van der Waals surface area contributed by atoms with Crippen LogP contribution in [0.5, 0.6) is 0 Å². The number of carbonyl (C=O) groups is 1. The van der Waals surface area contributed by atoms with E-state index in [0.717, 1.165) is 44.6 Å². The van der Waals surface area contributed by atoms with Crippen LogP contribution in [0.25, 0.3) is 21.9 Å². The molecule has 0 fully saturated rings. The largest absolute Gasteiger partial charge is 0.456 e. The van der Waals surface area contributed by atoms with E-state index >= 15 is 0 Å². The van der Waals surface area contributed by atoms with Crippen molar-refractivity contribution in [3.8, 4) is 0 Å². The first-order chi connectivity index (χ1) is 12.1. The number of aryl methyl sites for hydroxylation is 2. The fraction of sp³-hybridized carbons (Fsp3) is 0.200. The molecule has 2 aromatic carbocycles. The third-order valence-corrected chi connectivity index (χ3v) is 4.44. The number of rotatable bonds is 4. The predicted molar refractivity (Wildman–Crippen MR) is 96.6 cm³/mol. The van der Waals surface area contributed by atoms with Gasteiger partial charge in [0.15, 0.2) is 0 Å². The average molecular weight is 334 g/mol. The third kappa shape index (κ3) is 2.89. The number of aromatic nitrogens is 1. The summed E-state index contributed by atoms with van der Waals surface area (Å²) in [5.74, 6) is 0.740. The van der Waals surface area contributed by atoms with Crippen LogP contribution in [0.4, 0.5) is 5.69 Å². The Labute approximate surface area is 144 Å². The molecule has 0 bridgehead atoms. The molecule has 0 aliphatic carbocycles. The quantitative estimate of drug-likeness (QED) is 0.584. The van der Waals surface area contributed by atoms with Crippen molar-refractivity contribution in [3.05, 3.63) is 59.5 Å². The van der Waals surface area contributed by atoms with E-state index < -0.39 is 0 Å². The highest BCUT2D eigenvalue weighted by Crippen LogP contribution is 2.30. The van der Waals surface area contributed by atoms with E-state index in [9.17, 15) is 4.79 Å². The van der Waals surface area contributed by atoms with Crippen LogP contribution < -0.4 is 5.32 Å². The summed E-state index contributed by atoms with van der Waals surface area (Å²) in [6.07, 6.45) is 0.997. The number of hydrogen-bond donors (Lipinski definition) is 1. The molecule has 0 aliphatic heterocycles. The molecule has 2 heterocycles. The zero-order valence-corrected chi connectivity index (χ0v) is 14.1. The summed E-state index contributed by atoms with van der Waals surface area (Å²) in [6.45, 7) is 3.76. The van der Waals surface area contributed by atoms with Gasteiger partial charge in [-0.2, -0.15) is 0 Å². The van der Waals surface area contributed by atoms with Crippen molar-refractivity contribution in [1.82, 2.24) is 5.16 Å². The Morgan fingerprint density at radius 2 is 1.88 bits per heavy atom. The van der Waals surface area contributed by atoms with E-state index in [2.05, 4.69) is 10.5 Å². The van der Waals surface area contributed by atoms with Crippen molar-refractivity contribution in [2.45, 2.75) is 26.7 Å². The van der Waals surface area contributed by atoms with Crippen LogP contribution in [0.15, 0.2) is 51.4 Å². The molecule has 0 aliphatic rings. The van der Waals surface area contributed by atoms with Crippen molar-refractivity contribution in [2.24, 2.45) is 0 Å². The third-order valence-electron chi connectivity index (χ3n) is 4.44. The van der Waals surface area contributed by atoms with Gasteiger partial charge in [-0.25, -0.2) is 0 Å². The maximum atomic E-state index is 12.3. The molecule has 0 radical (unpaired) electrons. The molecule has 4 aromatic rings. The van der Waals surface area contributed by atoms with Gasteiger partial charge >= 0.3 is 0 Å². The lowest BCUT2D eigenvalue weighted by Crippen LogP contribution is -2.12. The normalized spacial score (nSPS) is 11.3. The summed E-state index contributed by atoms with van der Waals surface area (Å²) in [5, 5.41) is 8.92. The maximum Gasteiger partial charge on any atom is 0.224 e. The molecule has 1 N–H and O–H groups in total. The second-order valence-corrected chi connectivity index (χ2v) is 6.16. The predicted octanol–water partition coefficient (Wildman–Crippen LogP) is 4.76. The lowest BCUT2D eigenvalue weighted by Gasteiger charge is -2.05. The molecule has 25 heavy (non-hydrogen) atoms. The first kappa shape index (κ1) is 15.4. The van der Waals surface area contributed by atoms with E-state index in [4.69, 9.17) is 8.94 Å². The van der Waals surface area contributed by atoms with Crippen LogP contribution in [-0.4, -0.2) is 11.1 Å². The van der Waals surface area contributed by atoms with Gasteiger partial charge in [-0.1, -0.05) is 23.4 Å². The van der Waals surface area contributed by atoms with Crippen LogP contribution in [0.1, 0.15) is 23.4 Å². The highest BCUT2D eigenvalue weighted by Gasteiger charge is 2.12. The Bertz CT molecular complexity index is 1060. The Kier molecular flexibility index (Phi) is 3.76. The molecule has 4 rings (SSSR count). The van der Waals surface area contributed by atoms with Crippen LogP contribution >= 0.6 is 0 Å². The number of hydrogen-bond acceptors (Lipinski definition) is 4. The average Bonchev–Trinajstić information content (AvgIpc) is 3.13. The fourth-order valence-electron chi connectivity index (χ4n) is 3.12. The van der Waals surface area contributed by atoms with Gasteiger partial charge in [0.2, 0.25) is 5.91 Å². The molecule has 0 atom stereocenters. The van der Waals surface area contributed by atoms with Gasteiger partial charge < -0.3 is 14.3 Å². The van der Waals surface area contributed by atoms with Gasteiger partial charge in [0.25, 0.3) is 0 Å². The van der Waals surface area contributed by atoms with Crippen molar-refractivity contribution in [1.29, 1.82) is 0 Å². The molecule has 2 aromatic heterocycles. The molecular weight excluding hydrogens is 316 g/mol. The number of carbonyl (C=O) groups excluding carboxylic acids is 1. The van der Waals surface area contributed by atoms with Gasteiger partial charge in [0, 0.05) is 28.4 Å².